The molecule has 0 amide bonds. The largest absolute Gasteiger partial charge is 0.127 e. The highest BCUT2D eigenvalue weighted by Crippen LogP contribution is 2.30. The molecular formula is C12H13Cl. The van der Waals surface area contributed by atoms with Gasteiger partial charge in [0.2, 0.25) is 0 Å². The number of halogens is 1. The van der Waals surface area contributed by atoms with Crippen LogP contribution in [0.3, 0.4) is 0 Å². The molecule has 0 saturated carbocycles. The number of alkyl halides is 1. The Labute approximate surface area is 84.2 Å². The quantitative estimate of drug-likeness (QED) is 0.642. The standard InChI is InChI=1S/C12H13Cl/c13-9-3-5-11-8-7-10-4-1-2-6-12(10)11/h1-2,4,6,8H,3,5,7,9H2. The van der Waals surface area contributed by atoms with Crippen molar-refractivity contribution >= 4 is 17.2 Å². The molecule has 1 aromatic carbocycles. The fourth-order valence-electron chi connectivity index (χ4n) is 1.85. The van der Waals surface area contributed by atoms with E-state index in [0.717, 1.165) is 25.1 Å². The summed E-state index contributed by atoms with van der Waals surface area (Å²) in [4.78, 5) is 0. The first-order valence-electron chi connectivity index (χ1n) is 4.75. The molecular weight excluding hydrogens is 180 g/mol. The summed E-state index contributed by atoms with van der Waals surface area (Å²) in [5, 5.41) is 0. The van der Waals surface area contributed by atoms with Crippen molar-refractivity contribution in [3.8, 4) is 0 Å². The smallest absolute Gasteiger partial charge is 0.0226 e. The zero-order valence-electron chi connectivity index (χ0n) is 7.59. The predicted molar refractivity (Wildman–Crippen MR) is 58.1 cm³/mol. The van der Waals surface area contributed by atoms with Gasteiger partial charge >= 0.3 is 0 Å². The highest BCUT2D eigenvalue weighted by molar-refractivity contribution is 6.17. The molecule has 0 aliphatic heterocycles. The van der Waals surface area contributed by atoms with Crippen LogP contribution in [0.4, 0.5) is 0 Å². The van der Waals surface area contributed by atoms with Crippen molar-refractivity contribution in [2.24, 2.45) is 0 Å². The Morgan fingerprint density at radius 2 is 2.08 bits per heavy atom. The first kappa shape index (κ1) is 8.83. The first-order chi connectivity index (χ1) is 6.42. The number of hydrogen-bond acceptors (Lipinski definition) is 0. The summed E-state index contributed by atoms with van der Waals surface area (Å²) < 4.78 is 0. The van der Waals surface area contributed by atoms with Crippen molar-refractivity contribution in [1.29, 1.82) is 0 Å². The van der Waals surface area contributed by atoms with Crippen LogP contribution >= 0.6 is 11.6 Å². The predicted octanol–water partition coefficient (Wildman–Crippen LogP) is 3.65. The normalized spacial score (nSPS) is 14.1. The van der Waals surface area contributed by atoms with Crippen LogP contribution in [0.1, 0.15) is 24.0 Å². The molecule has 0 fully saturated rings. The van der Waals surface area contributed by atoms with Crippen LogP contribution in [0, 0.1) is 0 Å². The van der Waals surface area contributed by atoms with E-state index >= 15 is 0 Å². The summed E-state index contributed by atoms with van der Waals surface area (Å²) in [5.74, 6) is 0.763. The summed E-state index contributed by atoms with van der Waals surface area (Å²) in [6.07, 6.45) is 5.65. The number of allylic oxidation sites excluding steroid dienone is 2. The Kier molecular flexibility index (Phi) is 2.70. The lowest BCUT2D eigenvalue weighted by Gasteiger charge is -2.03. The second-order valence-electron chi connectivity index (χ2n) is 3.38. The van der Waals surface area contributed by atoms with Crippen LogP contribution < -0.4 is 0 Å². The second-order valence-corrected chi connectivity index (χ2v) is 3.76. The fourth-order valence-corrected chi connectivity index (χ4v) is 1.98. The molecule has 0 spiro atoms. The molecule has 0 heterocycles. The van der Waals surface area contributed by atoms with Crippen LogP contribution in [0.5, 0.6) is 0 Å². The summed E-state index contributed by atoms with van der Waals surface area (Å²) in [6, 6.07) is 8.64. The average Bonchev–Trinajstić information content (AvgIpc) is 2.58. The van der Waals surface area contributed by atoms with E-state index in [-0.39, 0.29) is 0 Å². The van der Waals surface area contributed by atoms with Gasteiger partial charge in [0.15, 0.2) is 0 Å². The minimum Gasteiger partial charge on any atom is -0.127 e. The molecule has 2 rings (SSSR count). The molecule has 0 aromatic heterocycles. The Morgan fingerprint density at radius 1 is 1.23 bits per heavy atom. The van der Waals surface area contributed by atoms with Crippen molar-refractivity contribution < 1.29 is 0 Å². The highest BCUT2D eigenvalue weighted by atomic mass is 35.5. The molecule has 1 aliphatic carbocycles. The van der Waals surface area contributed by atoms with Crippen LogP contribution in [-0.2, 0) is 6.42 Å². The molecule has 0 saturated heterocycles. The maximum Gasteiger partial charge on any atom is 0.0226 e. The highest BCUT2D eigenvalue weighted by Gasteiger charge is 2.11. The van der Waals surface area contributed by atoms with Gasteiger partial charge < -0.3 is 0 Å². The second kappa shape index (κ2) is 3.97. The van der Waals surface area contributed by atoms with E-state index in [2.05, 4.69) is 30.3 Å². The van der Waals surface area contributed by atoms with Gasteiger partial charge in [0.25, 0.3) is 0 Å². The fraction of sp³-hybridized carbons (Fsp3) is 0.333. The number of benzene rings is 1. The lowest BCUT2D eigenvalue weighted by Crippen LogP contribution is -1.84. The van der Waals surface area contributed by atoms with Gasteiger partial charge in [0, 0.05) is 5.88 Å². The van der Waals surface area contributed by atoms with Crippen molar-refractivity contribution in [3.05, 3.63) is 41.5 Å². The minimum absolute atomic E-state index is 0.763. The molecule has 1 aromatic rings. The van der Waals surface area contributed by atoms with Gasteiger partial charge in [0.1, 0.15) is 0 Å². The monoisotopic (exact) mass is 192 g/mol. The molecule has 1 aliphatic rings. The molecule has 13 heavy (non-hydrogen) atoms. The summed E-state index contributed by atoms with van der Waals surface area (Å²) in [5.41, 5.74) is 4.39. The number of fused-ring (bicyclic) bond motifs is 1. The Balaban J connectivity index is 2.16. The average molecular weight is 193 g/mol. The van der Waals surface area contributed by atoms with Gasteiger partial charge in [0.05, 0.1) is 0 Å². The number of hydrogen-bond donors (Lipinski definition) is 0. The Bertz CT molecular complexity index is 326. The van der Waals surface area contributed by atoms with E-state index in [1.807, 2.05) is 0 Å². The van der Waals surface area contributed by atoms with Crippen LogP contribution in [0.2, 0.25) is 0 Å². The zero-order chi connectivity index (χ0) is 9.10. The van der Waals surface area contributed by atoms with E-state index in [9.17, 15) is 0 Å². The summed E-state index contributed by atoms with van der Waals surface area (Å²) >= 11 is 5.68. The SMILES string of the molecule is ClCCCC1=CCc2ccccc21. The molecule has 68 valence electrons. The topological polar surface area (TPSA) is 0 Å². The summed E-state index contributed by atoms with van der Waals surface area (Å²) in [7, 11) is 0. The third kappa shape index (κ3) is 1.78. The number of rotatable bonds is 3. The third-order valence-corrected chi connectivity index (χ3v) is 2.78. The van der Waals surface area contributed by atoms with Crippen LogP contribution in [0.25, 0.3) is 5.57 Å². The third-order valence-electron chi connectivity index (χ3n) is 2.51. The maximum atomic E-state index is 5.68. The lowest BCUT2D eigenvalue weighted by molar-refractivity contribution is 0.983. The molecule has 0 atom stereocenters. The molecule has 0 nitrogen and oxygen atoms in total. The van der Waals surface area contributed by atoms with Gasteiger partial charge in [-0.25, -0.2) is 0 Å². The van der Waals surface area contributed by atoms with E-state index in [1.54, 1.807) is 0 Å². The molecule has 1 heteroatoms. The molecule has 0 N–H and O–H groups in total. The van der Waals surface area contributed by atoms with Crippen LogP contribution in [0.15, 0.2) is 30.3 Å². The van der Waals surface area contributed by atoms with Crippen molar-refractivity contribution in [2.45, 2.75) is 19.3 Å². The van der Waals surface area contributed by atoms with E-state index < -0.39 is 0 Å². The van der Waals surface area contributed by atoms with Crippen molar-refractivity contribution in [1.82, 2.24) is 0 Å². The first-order valence-corrected chi connectivity index (χ1v) is 5.28. The molecule has 0 unspecified atom stereocenters. The van der Waals surface area contributed by atoms with Gasteiger partial charge in [-0.05, 0) is 36.0 Å². The molecule has 0 radical (unpaired) electrons. The Morgan fingerprint density at radius 3 is 2.92 bits per heavy atom. The van der Waals surface area contributed by atoms with E-state index in [4.69, 9.17) is 11.6 Å². The minimum atomic E-state index is 0.763. The molecule has 0 bridgehead atoms. The van der Waals surface area contributed by atoms with E-state index in [1.165, 1.54) is 16.7 Å². The lowest BCUT2D eigenvalue weighted by atomic mass is 10.0. The van der Waals surface area contributed by atoms with Gasteiger partial charge in [-0.15, -0.1) is 11.6 Å². The van der Waals surface area contributed by atoms with Crippen LogP contribution in [-0.4, -0.2) is 5.88 Å². The van der Waals surface area contributed by atoms with Crippen molar-refractivity contribution in [2.75, 3.05) is 5.88 Å². The maximum absolute atomic E-state index is 5.68. The zero-order valence-corrected chi connectivity index (χ0v) is 8.35. The Hall–Kier alpha value is -0.750. The van der Waals surface area contributed by atoms with E-state index in [0.29, 0.717) is 0 Å². The van der Waals surface area contributed by atoms with Gasteiger partial charge in [-0.3, -0.25) is 0 Å². The summed E-state index contributed by atoms with van der Waals surface area (Å²) in [6.45, 7) is 0. The van der Waals surface area contributed by atoms with Crippen molar-refractivity contribution in [3.63, 3.8) is 0 Å². The van der Waals surface area contributed by atoms with Gasteiger partial charge in [-0.2, -0.15) is 0 Å². The van der Waals surface area contributed by atoms with Gasteiger partial charge in [-0.1, -0.05) is 30.3 Å².